The molecule has 3 rings (SSSR count). The number of hydrogen-bond donors (Lipinski definition) is 2. The van der Waals surface area contributed by atoms with Crippen molar-refractivity contribution in [3.05, 3.63) is 35.4 Å². The summed E-state index contributed by atoms with van der Waals surface area (Å²) in [7, 11) is 0. The van der Waals surface area contributed by atoms with Gasteiger partial charge in [0.25, 0.3) is 0 Å². The maximum Gasteiger partial charge on any atom is 0.194 e. The average molecular weight is 345 g/mol. The quantitative estimate of drug-likeness (QED) is 0.632. The van der Waals surface area contributed by atoms with Crippen LogP contribution in [0.15, 0.2) is 29.3 Å². The monoisotopic (exact) mass is 344 g/mol. The predicted molar refractivity (Wildman–Crippen MR) is 103 cm³/mol. The highest BCUT2D eigenvalue weighted by Gasteiger charge is 2.25. The number of nitrogens with one attached hydrogen (secondary N) is 1. The molecular formula is C20H32N4O. The first-order chi connectivity index (χ1) is 12.2. The minimum Gasteiger partial charge on any atom is -0.391 e. The molecule has 1 fully saturated rings. The van der Waals surface area contributed by atoms with E-state index in [9.17, 15) is 5.11 Å². The standard InChI is InChI=1S/C20H32N4O/c1-3-18(23-11-9-16-7-5-6-8-17(16)14-23)13-22-20(21-4-2)24-12-10-19(25)15-24/h5-8,18-19,25H,3-4,9-15H2,1-2H3,(H,21,22)/t18?,19-/m1/s1. The van der Waals surface area contributed by atoms with Gasteiger partial charge < -0.3 is 15.3 Å². The Hall–Kier alpha value is -1.59. The van der Waals surface area contributed by atoms with Crippen LogP contribution < -0.4 is 5.32 Å². The van der Waals surface area contributed by atoms with Crippen LogP contribution in [0, 0.1) is 0 Å². The van der Waals surface area contributed by atoms with Crippen molar-refractivity contribution in [2.75, 3.05) is 32.7 Å². The number of aliphatic hydroxyl groups is 1. The van der Waals surface area contributed by atoms with Crippen LogP contribution in [0.4, 0.5) is 0 Å². The number of nitrogens with zero attached hydrogens (tertiary/aromatic N) is 3. The first kappa shape index (κ1) is 18.2. The molecule has 2 aliphatic rings. The van der Waals surface area contributed by atoms with Crippen molar-refractivity contribution in [1.29, 1.82) is 0 Å². The number of aliphatic imine (C=N–C) groups is 1. The Kier molecular flexibility index (Phi) is 6.32. The highest BCUT2D eigenvalue weighted by molar-refractivity contribution is 5.80. The van der Waals surface area contributed by atoms with Crippen LogP contribution in [0.3, 0.4) is 0 Å². The molecule has 138 valence electrons. The van der Waals surface area contributed by atoms with Crippen LogP contribution in [0.25, 0.3) is 0 Å². The average Bonchev–Trinajstić information content (AvgIpc) is 3.07. The molecule has 1 unspecified atom stereocenters. The van der Waals surface area contributed by atoms with E-state index in [4.69, 9.17) is 4.99 Å². The zero-order valence-electron chi connectivity index (χ0n) is 15.6. The molecule has 0 aliphatic carbocycles. The Bertz CT molecular complexity index is 589. The van der Waals surface area contributed by atoms with Crippen LogP contribution in [0.2, 0.25) is 0 Å². The molecule has 0 amide bonds. The SMILES string of the molecule is CCNC(=NCC(CC)N1CCc2ccccc2C1)N1CC[C@@H](O)C1. The first-order valence-corrected chi connectivity index (χ1v) is 9.73. The summed E-state index contributed by atoms with van der Waals surface area (Å²) in [6.07, 6.45) is 2.86. The van der Waals surface area contributed by atoms with Gasteiger partial charge in [-0.3, -0.25) is 9.89 Å². The van der Waals surface area contributed by atoms with Gasteiger partial charge in [-0.1, -0.05) is 31.2 Å². The van der Waals surface area contributed by atoms with Crippen molar-refractivity contribution in [2.24, 2.45) is 4.99 Å². The minimum atomic E-state index is -0.218. The van der Waals surface area contributed by atoms with Crippen LogP contribution in [0.1, 0.15) is 37.8 Å². The summed E-state index contributed by atoms with van der Waals surface area (Å²) in [5.74, 6) is 0.954. The number of benzene rings is 1. The number of hydrogen-bond acceptors (Lipinski definition) is 3. The van der Waals surface area contributed by atoms with Gasteiger partial charge in [0.15, 0.2) is 5.96 Å². The van der Waals surface area contributed by atoms with Gasteiger partial charge in [-0.2, -0.15) is 0 Å². The zero-order chi connectivity index (χ0) is 17.6. The zero-order valence-corrected chi connectivity index (χ0v) is 15.6. The predicted octanol–water partition coefficient (Wildman–Crippen LogP) is 1.86. The fourth-order valence-corrected chi connectivity index (χ4v) is 3.88. The fourth-order valence-electron chi connectivity index (χ4n) is 3.88. The first-order valence-electron chi connectivity index (χ1n) is 9.73. The molecule has 25 heavy (non-hydrogen) atoms. The highest BCUT2D eigenvalue weighted by Crippen LogP contribution is 2.21. The molecule has 1 aromatic carbocycles. The summed E-state index contributed by atoms with van der Waals surface area (Å²) in [4.78, 5) is 9.68. The van der Waals surface area contributed by atoms with Gasteiger partial charge in [-0.05, 0) is 37.3 Å². The lowest BCUT2D eigenvalue weighted by atomic mass is 9.98. The van der Waals surface area contributed by atoms with E-state index < -0.39 is 0 Å². The van der Waals surface area contributed by atoms with Crippen LogP contribution in [-0.2, 0) is 13.0 Å². The summed E-state index contributed by atoms with van der Waals surface area (Å²) in [6, 6.07) is 9.27. The Balaban J connectivity index is 1.64. The summed E-state index contributed by atoms with van der Waals surface area (Å²) in [5, 5.41) is 13.2. The van der Waals surface area contributed by atoms with Gasteiger partial charge in [-0.15, -0.1) is 0 Å². The summed E-state index contributed by atoms with van der Waals surface area (Å²) < 4.78 is 0. The second-order valence-electron chi connectivity index (χ2n) is 7.13. The summed E-state index contributed by atoms with van der Waals surface area (Å²) in [5.41, 5.74) is 2.96. The highest BCUT2D eigenvalue weighted by atomic mass is 16.3. The van der Waals surface area contributed by atoms with Crippen LogP contribution >= 0.6 is 0 Å². The fraction of sp³-hybridized carbons (Fsp3) is 0.650. The van der Waals surface area contributed by atoms with E-state index in [0.29, 0.717) is 12.6 Å². The third kappa shape index (κ3) is 4.53. The molecule has 0 saturated carbocycles. The van der Waals surface area contributed by atoms with Crippen LogP contribution in [-0.4, -0.2) is 65.7 Å². The number of β-amino-alcohol motifs (C(OH)–C–C–N with tert-alkyl or cyclic N) is 1. The maximum absolute atomic E-state index is 9.80. The smallest absolute Gasteiger partial charge is 0.194 e. The van der Waals surface area contributed by atoms with Gasteiger partial charge in [0.2, 0.25) is 0 Å². The lowest BCUT2D eigenvalue weighted by Crippen LogP contribution is -2.43. The van der Waals surface area contributed by atoms with Gasteiger partial charge in [0.05, 0.1) is 12.6 Å². The molecule has 5 nitrogen and oxygen atoms in total. The molecule has 0 spiro atoms. The van der Waals surface area contributed by atoms with E-state index >= 15 is 0 Å². The maximum atomic E-state index is 9.80. The lowest BCUT2D eigenvalue weighted by Gasteiger charge is -2.34. The van der Waals surface area contributed by atoms with Crippen molar-refractivity contribution >= 4 is 5.96 Å². The molecular weight excluding hydrogens is 312 g/mol. The van der Waals surface area contributed by atoms with E-state index in [2.05, 4.69) is 53.2 Å². The van der Waals surface area contributed by atoms with Crippen molar-refractivity contribution in [3.8, 4) is 0 Å². The molecule has 0 aromatic heterocycles. The van der Waals surface area contributed by atoms with Gasteiger partial charge in [0.1, 0.15) is 0 Å². The Labute approximate surface area is 151 Å². The van der Waals surface area contributed by atoms with Crippen molar-refractivity contribution in [1.82, 2.24) is 15.1 Å². The van der Waals surface area contributed by atoms with Crippen molar-refractivity contribution in [2.45, 2.75) is 51.8 Å². The molecule has 2 aliphatic heterocycles. The number of likely N-dealkylation sites (tertiary alicyclic amines) is 1. The largest absolute Gasteiger partial charge is 0.391 e. The normalized spacial score (nSPS) is 22.8. The Morgan fingerprint density at radius 3 is 2.76 bits per heavy atom. The Morgan fingerprint density at radius 2 is 2.08 bits per heavy atom. The Morgan fingerprint density at radius 1 is 1.28 bits per heavy atom. The number of rotatable bonds is 5. The molecule has 1 saturated heterocycles. The van der Waals surface area contributed by atoms with Gasteiger partial charge in [0, 0.05) is 38.8 Å². The molecule has 1 aromatic rings. The van der Waals surface area contributed by atoms with Crippen molar-refractivity contribution in [3.63, 3.8) is 0 Å². The second kappa shape index (κ2) is 8.68. The second-order valence-corrected chi connectivity index (χ2v) is 7.13. The summed E-state index contributed by atoms with van der Waals surface area (Å²) in [6.45, 7) is 9.76. The van der Waals surface area contributed by atoms with Gasteiger partial charge >= 0.3 is 0 Å². The third-order valence-electron chi connectivity index (χ3n) is 5.40. The number of fused-ring (bicyclic) bond motifs is 1. The van der Waals surface area contributed by atoms with E-state index in [0.717, 1.165) is 57.9 Å². The van der Waals surface area contributed by atoms with Crippen LogP contribution in [0.5, 0.6) is 0 Å². The van der Waals surface area contributed by atoms with E-state index in [1.807, 2.05) is 0 Å². The number of guanidine groups is 1. The van der Waals surface area contributed by atoms with Crippen molar-refractivity contribution < 1.29 is 5.11 Å². The molecule has 2 N–H and O–H groups in total. The third-order valence-corrected chi connectivity index (χ3v) is 5.40. The lowest BCUT2D eigenvalue weighted by molar-refractivity contribution is 0.177. The topological polar surface area (TPSA) is 51.1 Å². The molecule has 0 radical (unpaired) electrons. The summed E-state index contributed by atoms with van der Waals surface area (Å²) >= 11 is 0. The molecule has 2 heterocycles. The molecule has 5 heteroatoms. The van der Waals surface area contributed by atoms with Gasteiger partial charge in [-0.25, -0.2) is 0 Å². The van der Waals surface area contributed by atoms with E-state index in [1.54, 1.807) is 0 Å². The van der Waals surface area contributed by atoms with E-state index in [-0.39, 0.29) is 6.10 Å². The number of aliphatic hydroxyl groups excluding tert-OH is 1. The molecule has 0 bridgehead atoms. The minimum absolute atomic E-state index is 0.218. The molecule has 2 atom stereocenters. The van der Waals surface area contributed by atoms with E-state index in [1.165, 1.54) is 11.1 Å².